The van der Waals surface area contributed by atoms with E-state index in [1.807, 2.05) is 0 Å². The molecular formula is C27H36F2O4S2. The first-order valence-corrected chi connectivity index (χ1v) is 15.8. The zero-order valence-electron chi connectivity index (χ0n) is 20.4. The quantitative estimate of drug-likeness (QED) is 0.217. The van der Waals surface area contributed by atoms with Gasteiger partial charge in [-0.05, 0) is 74.5 Å². The van der Waals surface area contributed by atoms with Gasteiger partial charge >= 0.3 is 5.25 Å². The maximum absolute atomic E-state index is 13.0. The van der Waals surface area contributed by atoms with Crippen molar-refractivity contribution in [1.29, 1.82) is 0 Å². The number of halogens is 2. The molecule has 2 saturated carbocycles. The van der Waals surface area contributed by atoms with E-state index < -0.39 is 21.8 Å². The van der Waals surface area contributed by atoms with Gasteiger partial charge in [0.1, 0.15) is 17.3 Å². The third-order valence-corrected chi connectivity index (χ3v) is 11.1. The van der Waals surface area contributed by atoms with Crippen LogP contribution in [0.15, 0.2) is 41.3 Å². The Kier molecular flexibility index (Phi) is 8.65. The fourth-order valence-electron chi connectivity index (χ4n) is 5.86. The van der Waals surface area contributed by atoms with Crippen LogP contribution in [0.4, 0.5) is 8.78 Å². The van der Waals surface area contributed by atoms with Crippen molar-refractivity contribution >= 4 is 31.8 Å². The van der Waals surface area contributed by atoms with Crippen molar-refractivity contribution < 1.29 is 26.5 Å². The van der Waals surface area contributed by atoms with Crippen LogP contribution in [0.25, 0.3) is 10.8 Å². The molecule has 8 heteroatoms. The predicted molar refractivity (Wildman–Crippen MR) is 137 cm³/mol. The molecule has 3 unspecified atom stereocenters. The SMILES string of the molecule is CCCCOc1ccc([S+]2CCCC2)c2ccccc12.O=S(=O)([O-])C(F)(F)CC1CC2CCC1C2. The zero-order chi connectivity index (χ0) is 25.1. The van der Waals surface area contributed by atoms with E-state index in [0.717, 1.165) is 38.0 Å². The van der Waals surface area contributed by atoms with Crippen LogP contribution in [-0.2, 0) is 21.0 Å². The molecule has 2 aromatic rings. The summed E-state index contributed by atoms with van der Waals surface area (Å²) in [7, 11) is -5.03. The van der Waals surface area contributed by atoms with E-state index in [2.05, 4.69) is 43.3 Å². The highest BCUT2D eigenvalue weighted by Gasteiger charge is 2.47. The van der Waals surface area contributed by atoms with E-state index in [1.54, 1.807) is 4.90 Å². The van der Waals surface area contributed by atoms with Gasteiger partial charge in [-0.15, -0.1) is 0 Å². The Balaban J connectivity index is 0.000000172. The molecule has 3 atom stereocenters. The first kappa shape index (κ1) is 26.7. The Morgan fingerprint density at radius 3 is 2.37 bits per heavy atom. The molecule has 0 aromatic heterocycles. The van der Waals surface area contributed by atoms with Crippen LogP contribution in [0, 0.1) is 17.8 Å². The Labute approximate surface area is 210 Å². The average Bonchev–Trinajstić information content (AvgIpc) is 3.58. The summed E-state index contributed by atoms with van der Waals surface area (Å²) in [4.78, 5) is 1.56. The topological polar surface area (TPSA) is 66.4 Å². The minimum absolute atomic E-state index is 0.211. The van der Waals surface area contributed by atoms with Crippen LogP contribution < -0.4 is 4.74 Å². The Morgan fingerprint density at radius 1 is 1.06 bits per heavy atom. The van der Waals surface area contributed by atoms with Crippen LogP contribution in [-0.4, -0.2) is 36.3 Å². The minimum Gasteiger partial charge on any atom is -0.743 e. The van der Waals surface area contributed by atoms with E-state index in [-0.39, 0.29) is 11.8 Å². The van der Waals surface area contributed by atoms with Gasteiger partial charge in [-0.1, -0.05) is 38.0 Å². The molecule has 35 heavy (non-hydrogen) atoms. The third kappa shape index (κ3) is 6.31. The molecule has 2 aliphatic carbocycles. The molecule has 3 aliphatic rings. The number of hydrogen-bond donors (Lipinski definition) is 0. The number of rotatable bonds is 8. The smallest absolute Gasteiger partial charge is 0.334 e. The zero-order valence-corrected chi connectivity index (χ0v) is 22.0. The van der Waals surface area contributed by atoms with Gasteiger partial charge in [0.05, 0.1) is 6.61 Å². The Bertz CT molecular complexity index is 1100. The summed E-state index contributed by atoms with van der Waals surface area (Å²) in [5, 5.41) is -1.38. The van der Waals surface area contributed by atoms with Crippen LogP contribution in [0.2, 0.25) is 0 Å². The molecule has 0 radical (unpaired) electrons. The van der Waals surface area contributed by atoms with Gasteiger partial charge < -0.3 is 9.29 Å². The summed E-state index contributed by atoms with van der Waals surface area (Å²) in [6.07, 6.45) is 7.88. The van der Waals surface area contributed by atoms with Gasteiger partial charge in [-0.25, -0.2) is 8.42 Å². The Morgan fingerprint density at radius 2 is 1.77 bits per heavy atom. The summed E-state index contributed by atoms with van der Waals surface area (Å²) in [5.74, 6) is 4.22. The van der Waals surface area contributed by atoms with E-state index in [0.29, 0.717) is 23.2 Å². The number of fused-ring (bicyclic) bond motifs is 3. The highest BCUT2D eigenvalue weighted by atomic mass is 32.2. The molecule has 2 aromatic carbocycles. The molecule has 1 aliphatic heterocycles. The van der Waals surface area contributed by atoms with Gasteiger partial charge in [0.25, 0.3) is 0 Å². The summed E-state index contributed by atoms with van der Waals surface area (Å²) in [5.41, 5.74) is 0. The van der Waals surface area contributed by atoms with Crippen LogP contribution in [0.5, 0.6) is 5.75 Å². The third-order valence-electron chi connectivity index (χ3n) is 7.69. The first-order chi connectivity index (χ1) is 16.7. The minimum atomic E-state index is -5.49. The van der Waals surface area contributed by atoms with E-state index >= 15 is 0 Å². The summed E-state index contributed by atoms with van der Waals surface area (Å²) in [6, 6.07) is 13.3. The van der Waals surface area contributed by atoms with Gasteiger partial charge in [-0.2, -0.15) is 8.78 Å². The summed E-state index contributed by atoms with van der Waals surface area (Å²) < 4.78 is 63.0. The summed E-state index contributed by atoms with van der Waals surface area (Å²) >= 11 is 0. The van der Waals surface area contributed by atoms with Gasteiger partial charge in [0.2, 0.25) is 0 Å². The van der Waals surface area contributed by atoms with Crippen molar-refractivity contribution in [1.82, 2.24) is 0 Å². The largest absolute Gasteiger partial charge is 0.743 e. The monoisotopic (exact) mass is 526 g/mol. The lowest BCUT2D eigenvalue weighted by Gasteiger charge is -2.27. The highest BCUT2D eigenvalue weighted by Crippen LogP contribution is 2.51. The Hall–Kier alpha value is -1.38. The predicted octanol–water partition coefficient (Wildman–Crippen LogP) is 6.74. The second-order valence-electron chi connectivity index (χ2n) is 10.1. The number of hydrogen-bond acceptors (Lipinski definition) is 4. The standard InChI is InChI=1S/C18H23OS.C9H14F2O3S/c1-2-3-12-19-17-10-11-18(20-13-6-7-14-20)16-9-5-4-8-15(16)17;10-9(11,15(12,13)14)5-8-4-6-1-2-7(8)3-6/h4-5,8-11H,2-3,6-7,12-14H2,1H3;6-8H,1-5H2,(H,12,13,14)/q+1;/p-1. The number of alkyl halides is 2. The lowest BCUT2D eigenvalue weighted by atomic mass is 9.86. The molecule has 194 valence electrons. The molecule has 0 amide bonds. The fourth-order valence-corrected chi connectivity index (χ4v) is 8.77. The molecule has 2 bridgehead atoms. The normalized spacial score (nSPS) is 24.5. The molecule has 1 saturated heterocycles. The van der Waals surface area contributed by atoms with Crippen molar-refractivity contribution in [2.24, 2.45) is 17.8 Å². The van der Waals surface area contributed by atoms with Crippen LogP contribution >= 0.6 is 0 Å². The fraction of sp³-hybridized carbons (Fsp3) is 0.630. The lowest BCUT2D eigenvalue weighted by molar-refractivity contribution is 0.0413. The van der Waals surface area contributed by atoms with Gasteiger partial charge in [-0.3, -0.25) is 0 Å². The van der Waals surface area contributed by atoms with E-state index in [1.165, 1.54) is 41.5 Å². The van der Waals surface area contributed by atoms with Crippen molar-refractivity contribution in [2.45, 2.75) is 74.9 Å². The van der Waals surface area contributed by atoms with Crippen LogP contribution in [0.1, 0.15) is 64.7 Å². The van der Waals surface area contributed by atoms with Crippen molar-refractivity contribution in [3.63, 3.8) is 0 Å². The van der Waals surface area contributed by atoms with E-state index in [4.69, 9.17) is 4.74 Å². The molecular weight excluding hydrogens is 490 g/mol. The molecule has 0 N–H and O–H groups in total. The first-order valence-electron chi connectivity index (χ1n) is 12.8. The number of ether oxygens (including phenoxy) is 1. The molecule has 1 heterocycles. The van der Waals surface area contributed by atoms with Gasteiger partial charge in [0.15, 0.2) is 15.0 Å². The second-order valence-corrected chi connectivity index (χ2v) is 13.9. The van der Waals surface area contributed by atoms with Crippen molar-refractivity contribution in [3.05, 3.63) is 36.4 Å². The van der Waals surface area contributed by atoms with E-state index in [9.17, 15) is 21.8 Å². The summed E-state index contributed by atoms with van der Waals surface area (Å²) in [6.45, 7) is 3.03. The van der Waals surface area contributed by atoms with Crippen LogP contribution in [0.3, 0.4) is 0 Å². The number of unbranched alkanes of at least 4 members (excludes halogenated alkanes) is 1. The van der Waals surface area contributed by atoms with Crippen molar-refractivity contribution in [2.75, 3.05) is 18.1 Å². The highest BCUT2D eigenvalue weighted by molar-refractivity contribution is 7.97. The number of benzene rings is 2. The van der Waals surface area contributed by atoms with Crippen molar-refractivity contribution in [3.8, 4) is 5.75 Å². The average molecular weight is 527 g/mol. The lowest BCUT2D eigenvalue weighted by Crippen LogP contribution is -2.32. The van der Waals surface area contributed by atoms with Gasteiger partial charge in [0, 0.05) is 28.1 Å². The second kappa shape index (κ2) is 11.3. The molecule has 0 spiro atoms. The molecule has 3 fully saturated rings. The maximum atomic E-state index is 13.0. The maximum Gasteiger partial charge on any atom is 0.334 e. The molecule has 5 rings (SSSR count). The molecule has 4 nitrogen and oxygen atoms in total.